The SMILES string of the molecule is O=S(=O)([O-])OS(=O)(=O)O[O-].[Ni+2]. The van der Waals surface area contributed by atoms with Gasteiger partial charge in [0.25, 0.3) is 0 Å². The molecule has 0 aliphatic carbocycles. The van der Waals surface area contributed by atoms with Gasteiger partial charge in [0.05, 0.1) is 0 Å². The maximum absolute atomic E-state index is 9.68. The Kier molecular flexibility index (Phi) is 5.40. The standard InChI is InChI=1S/Ni.H2O8S2/c;1-7-10(5,6)8-9(2,3)4/h;1H,(H,2,3,4)/q+2;/p-2. The molecule has 0 aromatic carbocycles. The minimum atomic E-state index is -5.46. The molecule has 0 atom stereocenters. The van der Waals surface area contributed by atoms with Crippen LogP contribution in [0.25, 0.3) is 0 Å². The Morgan fingerprint density at radius 2 is 1.45 bits per heavy atom. The first-order valence-corrected chi connectivity index (χ1v) is 4.17. The molecule has 0 heterocycles. The third-order valence-electron chi connectivity index (χ3n) is 0.250. The van der Waals surface area contributed by atoms with Crippen LogP contribution in [0.2, 0.25) is 0 Å². The van der Waals surface area contributed by atoms with Crippen molar-refractivity contribution < 1.29 is 51.1 Å². The zero-order valence-corrected chi connectivity index (χ0v) is 7.02. The average Bonchev–Trinajstić information content (AvgIpc) is 1.60. The molecule has 0 fully saturated rings. The van der Waals surface area contributed by atoms with Crippen molar-refractivity contribution in [2.45, 2.75) is 0 Å². The van der Waals surface area contributed by atoms with Gasteiger partial charge in [-0.05, 0) is 0 Å². The largest absolute Gasteiger partial charge is 2.00 e. The van der Waals surface area contributed by atoms with Crippen LogP contribution < -0.4 is 5.26 Å². The van der Waals surface area contributed by atoms with Gasteiger partial charge in [-0.25, -0.2) is 8.42 Å². The Bertz CT molecular complexity index is 280. The smallest absolute Gasteiger partial charge is 0.725 e. The number of rotatable bonds is 3. The van der Waals surface area contributed by atoms with Gasteiger partial charge in [-0.3, -0.25) is 0 Å². The molecule has 0 aromatic heterocycles. The molecular weight excluding hydrogens is 251 g/mol. The first kappa shape index (κ1) is 13.8. The summed E-state index contributed by atoms with van der Waals surface area (Å²) in [6.07, 6.45) is 0. The minimum absolute atomic E-state index is 0. The van der Waals surface area contributed by atoms with E-state index in [0.29, 0.717) is 0 Å². The molecule has 11 heavy (non-hydrogen) atoms. The van der Waals surface area contributed by atoms with Crippen LogP contribution in [0.15, 0.2) is 0 Å². The number of hydrogen-bond acceptors (Lipinski definition) is 8. The van der Waals surface area contributed by atoms with Gasteiger partial charge in [0, 0.05) is 0 Å². The van der Waals surface area contributed by atoms with E-state index in [-0.39, 0.29) is 16.5 Å². The van der Waals surface area contributed by atoms with Crippen LogP contribution in [0.3, 0.4) is 0 Å². The molecular formula is NiO8S2. The summed E-state index contributed by atoms with van der Waals surface area (Å²) in [6, 6.07) is 0. The fourth-order valence-corrected chi connectivity index (χ4v) is 1.02. The van der Waals surface area contributed by atoms with Gasteiger partial charge in [0.1, 0.15) is 0 Å². The molecule has 0 aliphatic rings. The molecule has 70 valence electrons. The average molecular weight is 251 g/mol. The normalized spacial score (nSPS) is 12.2. The first-order valence-electron chi connectivity index (χ1n) is 1.50. The zero-order valence-electron chi connectivity index (χ0n) is 4.40. The molecule has 0 radical (unpaired) electrons. The molecule has 0 amide bonds. The molecule has 11 heteroatoms. The Hall–Kier alpha value is 0.234. The molecule has 0 saturated heterocycles. The van der Waals surface area contributed by atoms with Gasteiger partial charge in [-0.15, -0.1) is 3.63 Å². The van der Waals surface area contributed by atoms with E-state index in [9.17, 15) is 21.4 Å². The predicted molar refractivity (Wildman–Crippen MR) is 20.8 cm³/mol. The summed E-state index contributed by atoms with van der Waals surface area (Å²) in [5.74, 6) is 0. The Morgan fingerprint density at radius 1 is 1.09 bits per heavy atom. The van der Waals surface area contributed by atoms with E-state index in [1.54, 1.807) is 0 Å². The van der Waals surface area contributed by atoms with E-state index in [4.69, 9.17) is 5.26 Å². The molecule has 0 rings (SSSR count). The molecule has 8 nitrogen and oxygen atoms in total. The molecule has 0 spiro atoms. The molecule has 0 N–H and O–H groups in total. The topological polar surface area (TPSA) is 133 Å². The summed E-state index contributed by atoms with van der Waals surface area (Å²) >= 11 is 0. The molecule has 0 aromatic rings. The van der Waals surface area contributed by atoms with Crippen molar-refractivity contribution in [3.05, 3.63) is 0 Å². The predicted octanol–water partition coefficient (Wildman–Crippen LogP) is -3.00. The molecule has 0 saturated carbocycles. The van der Waals surface area contributed by atoms with Crippen LogP contribution in [0, 0.1) is 0 Å². The summed E-state index contributed by atoms with van der Waals surface area (Å²) in [6.45, 7) is 0. The van der Waals surface area contributed by atoms with Gasteiger partial charge in [0.2, 0.25) is 10.4 Å². The van der Waals surface area contributed by atoms with Crippen LogP contribution >= 0.6 is 0 Å². The Labute approximate surface area is 72.3 Å². The van der Waals surface area contributed by atoms with Crippen LogP contribution in [-0.2, 0) is 45.3 Å². The number of hydrogen-bond donors (Lipinski definition) is 0. The quantitative estimate of drug-likeness (QED) is 0.170. The van der Waals surface area contributed by atoms with E-state index in [0.717, 1.165) is 0 Å². The monoisotopic (exact) mass is 250 g/mol. The summed E-state index contributed by atoms with van der Waals surface area (Å²) in [5.41, 5.74) is 0. The molecule has 0 unspecified atom stereocenters. The van der Waals surface area contributed by atoms with Crippen molar-refractivity contribution >= 4 is 20.8 Å². The second kappa shape index (κ2) is 4.31. The summed E-state index contributed by atoms with van der Waals surface area (Å²) in [7, 11) is -10.7. The molecule has 0 bridgehead atoms. The maximum atomic E-state index is 9.68. The van der Waals surface area contributed by atoms with Crippen LogP contribution in [-0.4, -0.2) is 21.4 Å². The van der Waals surface area contributed by atoms with Crippen LogP contribution in [0.4, 0.5) is 0 Å². The third-order valence-corrected chi connectivity index (χ3v) is 1.75. The van der Waals surface area contributed by atoms with Crippen molar-refractivity contribution in [3.63, 3.8) is 0 Å². The van der Waals surface area contributed by atoms with Crippen molar-refractivity contribution in [3.8, 4) is 0 Å². The Balaban J connectivity index is 0. The first-order chi connectivity index (χ1) is 4.27. The van der Waals surface area contributed by atoms with E-state index in [1.807, 2.05) is 0 Å². The fraction of sp³-hybridized carbons (Fsp3) is 0. The van der Waals surface area contributed by atoms with E-state index in [2.05, 4.69) is 7.96 Å². The minimum Gasteiger partial charge on any atom is -0.725 e. The maximum Gasteiger partial charge on any atom is 2.00 e. The van der Waals surface area contributed by atoms with E-state index in [1.165, 1.54) is 0 Å². The van der Waals surface area contributed by atoms with Crippen molar-refractivity contribution in [1.29, 1.82) is 0 Å². The summed E-state index contributed by atoms with van der Waals surface area (Å²) in [5, 5.41) is 9.01. The third kappa shape index (κ3) is 8.14. The molecule has 0 aliphatic heterocycles. The Morgan fingerprint density at radius 3 is 1.55 bits per heavy atom. The summed E-state index contributed by atoms with van der Waals surface area (Å²) < 4.78 is 52.5. The van der Waals surface area contributed by atoms with Gasteiger partial charge < -0.3 is 14.1 Å². The van der Waals surface area contributed by atoms with Gasteiger partial charge in [-0.1, -0.05) is 0 Å². The van der Waals surface area contributed by atoms with Crippen LogP contribution in [0.5, 0.6) is 0 Å². The zero-order chi connectivity index (χ0) is 8.41. The van der Waals surface area contributed by atoms with Crippen molar-refractivity contribution in [2.24, 2.45) is 0 Å². The van der Waals surface area contributed by atoms with Crippen LogP contribution in [0.1, 0.15) is 0 Å². The fourth-order valence-electron chi connectivity index (χ4n) is 0.113. The van der Waals surface area contributed by atoms with Gasteiger partial charge >= 0.3 is 26.9 Å². The second-order valence-corrected chi connectivity index (χ2v) is 3.27. The van der Waals surface area contributed by atoms with Gasteiger partial charge in [-0.2, -0.15) is 8.42 Å². The van der Waals surface area contributed by atoms with Crippen molar-refractivity contribution in [2.75, 3.05) is 0 Å². The van der Waals surface area contributed by atoms with Crippen molar-refractivity contribution in [1.82, 2.24) is 0 Å². The second-order valence-electron chi connectivity index (χ2n) is 0.953. The van der Waals surface area contributed by atoms with Gasteiger partial charge in [0.15, 0.2) is 0 Å². The summed E-state index contributed by atoms with van der Waals surface area (Å²) in [4.78, 5) is 0. The van der Waals surface area contributed by atoms with E-state index >= 15 is 0 Å². The van der Waals surface area contributed by atoms with E-state index < -0.39 is 20.8 Å².